The summed E-state index contributed by atoms with van der Waals surface area (Å²) in [7, 11) is 0. The molecule has 0 spiro atoms. The monoisotopic (exact) mass is 214 g/mol. The highest BCUT2D eigenvalue weighted by Crippen LogP contribution is 2.25. The summed E-state index contributed by atoms with van der Waals surface area (Å²) in [5, 5.41) is 0. The van der Waals surface area contributed by atoms with Crippen molar-refractivity contribution in [1.82, 2.24) is 0 Å². The van der Waals surface area contributed by atoms with Crippen molar-refractivity contribution < 1.29 is 0 Å². The third-order valence-electron chi connectivity index (χ3n) is 3.45. The average molecular weight is 214 g/mol. The first-order chi connectivity index (χ1) is 7.28. The Morgan fingerprint density at radius 2 is 1.20 bits per heavy atom. The van der Waals surface area contributed by atoms with Gasteiger partial charge in [0.05, 0.1) is 0 Å². The molecule has 2 unspecified atom stereocenters. The first kappa shape index (κ1) is 14.9. The molecule has 4 N–H and O–H groups in total. The SMILES string of the molecule is CCC(CCCN)CC(CC)CCCN. The lowest BCUT2D eigenvalue weighted by Gasteiger charge is -2.21. The minimum absolute atomic E-state index is 0.843. The lowest BCUT2D eigenvalue weighted by atomic mass is 9.85. The molecule has 0 radical (unpaired) electrons. The van der Waals surface area contributed by atoms with E-state index in [0.29, 0.717) is 0 Å². The second-order valence-corrected chi connectivity index (χ2v) is 4.65. The minimum Gasteiger partial charge on any atom is -0.330 e. The predicted octanol–water partition coefficient (Wildman–Crippen LogP) is 2.91. The van der Waals surface area contributed by atoms with Gasteiger partial charge in [0, 0.05) is 0 Å². The van der Waals surface area contributed by atoms with Gasteiger partial charge in [-0.2, -0.15) is 0 Å². The zero-order valence-electron chi connectivity index (χ0n) is 10.7. The maximum Gasteiger partial charge on any atom is -0.00772 e. The van der Waals surface area contributed by atoms with E-state index in [1.54, 1.807) is 0 Å². The van der Waals surface area contributed by atoms with Gasteiger partial charge < -0.3 is 11.5 Å². The fourth-order valence-electron chi connectivity index (χ4n) is 2.26. The summed E-state index contributed by atoms with van der Waals surface area (Å²) in [6.45, 7) is 6.29. The lowest BCUT2D eigenvalue weighted by Crippen LogP contribution is -2.12. The average Bonchev–Trinajstić information content (AvgIpc) is 2.28. The van der Waals surface area contributed by atoms with E-state index in [-0.39, 0.29) is 0 Å². The summed E-state index contributed by atoms with van der Waals surface area (Å²) < 4.78 is 0. The molecule has 0 aliphatic carbocycles. The summed E-state index contributed by atoms with van der Waals surface area (Å²) in [5.74, 6) is 1.77. The lowest BCUT2D eigenvalue weighted by molar-refractivity contribution is 0.315. The molecular formula is C13H30N2. The quantitative estimate of drug-likeness (QED) is 0.587. The molecule has 2 nitrogen and oxygen atoms in total. The summed E-state index contributed by atoms with van der Waals surface area (Å²) in [6.07, 6.45) is 8.99. The maximum atomic E-state index is 5.56. The van der Waals surface area contributed by atoms with Gasteiger partial charge in [0.1, 0.15) is 0 Å². The fourth-order valence-corrected chi connectivity index (χ4v) is 2.26. The summed E-state index contributed by atoms with van der Waals surface area (Å²) in [6, 6.07) is 0. The summed E-state index contributed by atoms with van der Waals surface area (Å²) >= 11 is 0. The highest BCUT2D eigenvalue weighted by molar-refractivity contribution is 4.66. The molecule has 0 aromatic carbocycles. The van der Waals surface area contributed by atoms with Gasteiger partial charge in [-0.15, -0.1) is 0 Å². The highest BCUT2D eigenvalue weighted by atomic mass is 14.5. The molecule has 92 valence electrons. The molecule has 0 rings (SSSR count). The molecule has 0 fully saturated rings. The van der Waals surface area contributed by atoms with Crippen LogP contribution in [0.1, 0.15) is 58.8 Å². The van der Waals surface area contributed by atoms with Gasteiger partial charge in [-0.05, 0) is 57.0 Å². The molecule has 0 aromatic heterocycles. The standard InChI is InChI=1S/C13H30N2/c1-3-12(7-5-9-14)11-13(4-2)8-6-10-15/h12-13H,3-11,14-15H2,1-2H3. The van der Waals surface area contributed by atoms with E-state index in [1.807, 2.05) is 0 Å². The second kappa shape index (κ2) is 10.4. The Kier molecular flexibility index (Phi) is 10.4. The minimum atomic E-state index is 0.843. The van der Waals surface area contributed by atoms with Crippen LogP contribution >= 0.6 is 0 Å². The predicted molar refractivity (Wildman–Crippen MR) is 68.8 cm³/mol. The summed E-state index contributed by atoms with van der Waals surface area (Å²) in [4.78, 5) is 0. The molecule has 0 saturated carbocycles. The number of rotatable bonds is 10. The van der Waals surface area contributed by atoms with E-state index in [4.69, 9.17) is 11.5 Å². The van der Waals surface area contributed by atoms with Crippen molar-refractivity contribution >= 4 is 0 Å². The van der Waals surface area contributed by atoms with E-state index < -0.39 is 0 Å². The van der Waals surface area contributed by atoms with Gasteiger partial charge in [-0.25, -0.2) is 0 Å². The zero-order chi connectivity index (χ0) is 11.5. The second-order valence-electron chi connectivity index (χ2n) is 4.65. The van der Waals surface area contributed by atoms with E-state index in [1.165, 1.54) is 44.9 Å². The van der Waals surface area contributed by atoms with Gasteiger partial charge >= 0.3 is 0 Å². The van der Waals surface area contributed by atoms with Gasteiger partial charge in [0.25, 0.3) is 0 Å². The highest BCUT2D eigenvalue weighted by Gasteiger charge is 2.13. The van der Waals surface area contributed by atoms with Crippen molar-refractivity contribution in [2.45, 2.75) is 58.8 Å². The van der Waals surface area contributed by atoms with E-state index >= 15 is 0 Å². The molecule has 0 aliphatic heterocycles. The van der Waals surface area contributed by atoms with Crippen molar-refractivity contribution in [1.29, 1.82) is 0 Å². The van der Waals surface area contributed by atoms with Crippen LogP contribution in [0.3, 0.4) is 0 Å². The van der Waals surface area contributed by atoms with Crippen LogP contribution in [0.4, 0.5) is 0 Å². The van der Waals surface area contributed by atoms with Gasteiger partial charge in [-0.1, -0.05) is 26.7 Å². The van der Waals surface area contributed by atoms with Crippen molar-refractivity contribution in [3.05, 3.63) is 0 Å². The molecule has 0 saturated heterocycles. The molecule has 0 heterocycles. The van der Waals surface area contributed by atoms with Gasteiger partial charge in [-0.3, -0.25) is 0 Å². The van der Waals surface area contributed by atoms with Crippen LogP contribution in [0.5, 0.6) is 0 Å². The Bertz CT molecular complexity index is 112. The number of hydrogen-bond acceptors (Lipinski definition) is 2. The van der Waals surface area contributed by atoms with Gasteiger partial charge in [0.15, 0.2) is 0 Å². The van der Waals surface area contributed by atoms with Gasteiger partial charge in [0.2, 0.25) is 0 Å². The van der Waals surface area contributed by atoms with Crippen LogP contribution in [-0.4, -0.2) is 13.1 Å². The first-order valence-corrected chi connectivity index (χ1v) is 6.68. The Labute approximate surface area is 95.8 Å². The van der Waals surface area contributed by atoms with Crippen molar-refractivity contribution in [3.63, 3.8) is 0 Å². The van der Waals surface area contributed by atoms with Crippen LogP contribution in [0.15, 0.2) is 0 Å². The zero-order valence-corrected chi connectivity index (χ0v) is 10.7. The molecule has 0 aromatic rings. The molecule has 0 amide bonds. The third kappa shape index (κ3) is 7.80. The van der Waals surface area contributed by atoms with E-state index in [9.17, 15) is 0 Å². The molecule has 0 aliphatic rings. The van der Waals surface area contributed by atoms with Crippen molar-refractivity contribution in [2.75, 3.05) is 13.1 Å². The van der Waals surface area contributed by atoms with E-state index in [0.717, 1.165) is 24.9 Å². The molecule has 0 bridgehead atoms. The van der Waals surface area contributed by atoms with E-state index in [2.05, 4.69) is 13.8 Å². The smallest absolute Gasteiger partial charge is 0.00772 e. The third-order valence-corrected chi connectivity index (χ3v) is 3.45. The molecular weight excluding hydrogens is 184 g/mol. The Hall–Kier alpha value is -0.0800. The molecule has 2 atom stereocenters. The van der Waals surface area contributed by atoms with Crippen LogP contribution in [0, 0.1) is 11.8 Å². The fraction of sp³-hybridized carbons (Fsp3) is 1.00. The van der Waals surface area contributed by atoms with Crippen LogP contribution < -0.4 is 11.5 Å². The van der Waals surface area contributed by atoms with Crippen molar-refractivity contribution in [3.8, 4) is 0 Å². The Morgan fingerprint density at radius 1 is 0.800 bits per heavy atom. The van der Waals surface area contributed by atoms with Crippen molar-refractivity contribution in [2.24, 2.45) is 23.3 Å². The summed E-state index contributed by atoms with van der Waals surface area (Å²) in [5.41, 5.74) is 11.1. The number of hydrogen-bond donors (Lipinski definition) is 2. The largest absolute Gasteiger partial charge is 0.330 e. The van der Waals surface area contributed by atoms with Crippen LogP contribution in [0.2, 0.25) is 0 Å². The first-order valence-electron chi connectivity index (χ1n) is 6.68. The topological polar surface area (TPSA) is 52.0 Å². The van der Waals surface area contributed by atoms with Crippen LogP contribution in [0.25, 0.3) is 0 Å². The Morgan fingerprint density at radius 3 is 1.47 bits per heavy atom. The Balaban J connectivity index is 3.77. The maximum absolute atomic E-state index is 5.56. The molecule has 2 heteroatoms. The van der Waals surface area contributed by atoms with Crippen LogP contribution in [-0.2, 0) is 0 Å². The molecule has 15 heavy (non-hydrogen) atoms. The number of nitrogens with two attached hydrogens (primary N) is 2. The normalized spacial score (nSPS) is 15.2.